The van der Waals surface area contributed by atoms with E-state index in [4.69, 9.17) is 9.47 Å². The second-order valence-corrected chi connectivity index (χ2v) is 11.2. The lowest BCUT2D eigenvalue weighted by Gasteiger charge is -2.37. The summed E-state index contributed by atoms with van der Waals surface area (Å²) < 4.78 is 10.7. The van der Waals surface area contributed by atoms with Gasteiger partial charge >= 0.3 is 0 Å². The molecule has 4 rings (SSSR count). The summed E-state index contributed by atoms with van der Waals surface area (Å²) in [6, 6.07) is 17.2. The molecule has 212 valence electrons. The SMILES string of the molecule is COc1ccc(CN(C(=O)CSc2nc(C)cc(C)n2)C(C)(C)C(=O)Nc2ccc(N3CCOCC3)cc2)cc1. The number of nitrogens with zero attached hydrogens (tertiary/aromatic N) is 4. The van der Waals surface area contributed by atoms with E-state index in [0.717, 1.165) is 41.5 Å². The fourth-order valence-corrected chi connectivity index (χ4v) is 5.28. The monoisotopic (exact) mass is 563 g/mol. The summed E-state index contributed by atoms with van der Waals surface area (Å²) in [6.07, 6.45) is 0. The Labute approximate surface area is 240 Å². The third-order valence-electron chi connectivity index (χ3n) is 6.82. The Morgan fingerprint density at radius 3 is 2.25 bits per heavy atom. The molecule has 0 spiro atoms. The third kappa shape index (κ3) is 7.51. The minimum atomic E-state index is -1.15. The van der Waals surface area contributed by atoms with Crippen molar-refractivity contribution in [1.82, 2.24) is 14.9 Å². The zero-order valence-electron chi connectivity index (χ0n) is 23.8. The fraction of sp³-hybridized carbons (Fsp3) is 0.400. The van der Waals surface area contributed by atoms with Gasteiger partial charge < -0.3 is 24.6 Å². The minimum Gasteiger partial charge on any atom is -0.497 e. The van der Waals surface area contributed by atoms with Crippen molar-refractivity contribution in [3.63, 3.8) is 0 Å². The van der Waals surface area contributed by atoms with Crippen molar-refractivity contribution in [2.75, 3.05) is 49.4 Å². The molecule has 1 aromatic heterocycles. The summed E-state index contributed by atoms with van der Waals surface area (Å²) in [5.74, 6) is 0.360. The van der Waals surface area contributed by atoms with Gasteiger partial charge in [0.25, 0.3) is 0 Å². The van der Waals surface area contributed by atoms with E-state index in [9.17, 15) is 9.59 Å². The van der Waals surface area contributed by atoms with E-state index in [0.29, 0.717) is 24.1 Å². The van der Waals surface area contributed by atoms with Crippen LogP contribution in [0.3, 0.4) is 0 Å². The molecule has 10 heteroatoms. The molecule has 2 heterocycles. The average Bonchev–Trinajstić information content (AvgIpc) is 2.95. The number of nitrogens with one attached hydrogen (secondary N) is 1. The molecule has 0 unspecified atom stereocenters. The van der Waals surface area contributed by atoms with Gasteiger partial charge in [-0.15, -0.1) is 0 Å². The number of thioether (sulfide) groups is 1. The molecule has 0 saturated carbocycles. The summed E-state index contributed by atoms with van der Waals surface area (Å²) in [7, 11) is 1.61. The minimum absolute atomic E-state index is 0.101. The van der Waals surface area contributed by atoms with Crippen LogP contribution in [-0.4, -0.2) is 71.4 Å². The molecule has 1 aliphatic rings. The van der Waals surface area contributed by atoms with Gasteiger partial charge in [-0.05, 0) is 75.7 Å². The van der Waals surface area contributed by atoms with Crippen LogP contribution >= 0.6 is 11.8 Å². The molecule has 1 saturated heterocycles. The maximum absolute atomic E-state index is 13.7. The van der Waals surface area contributed by atoms with E-state index >= 15 is 0 Å². The number of aromatic nitrogens is 2. The van der Waals surface area contributed by atoms with Crippen molar-refractivity contribution in [1.29, 1.82) is 0 Å². The lowest BCUT2D eigenvalue weighted by molar-refractivity contribution is -0.142. The first kappa shape index (κ1) is 29.4. The van der Waals surface area contributed by atoms with Crippen LogP contribution in [0.1, 0.15) is 30.8 Å². The number of carbonyl (C=O) groups is 2. The molecule has 3 aromatic rings. The van der Waals surface area contributed by atoms with E-state index < -0.39 is 5.54 Å². The highest BCUT2D eigenvalue weighted by Gasteiger charge is 2.38. The van der Waals surface area contributed by atoms with Gasteiger partial charge in [-0.3, -0.25) is 9.59 Å². The number of carbonyl (C=O) groups excluding carboxylic acids is 2. The predicted molar refractivity (Wildman–Crippen MR) is 158 cm³/mol. The van der Waals surface area contributed by atoms with Crippen molar-refractivity contribution in [2.24, 2.45) is 0 Å². The van der Waals surface area contributed by atoms with Gasteiger partial charge in [0.05, 0.1) is 26.1 Å². The van der Waals surface area contributed by atoms with Crippen molar-refractivity contribution in [2.45, 2.75) is 44.9 Å². The Hall–Kier alpha value is -3.63. The molecule has 0 aliphatic carbocycles. The summed E-state index contributed by atoms with van der Waals surface area (Å²) in [4.78, 5) is 40.1. The normalized spacial score (nSPS) is 13.6. The van der Waals surface area contributed by atoms with Crippen LogP contribution in [0.5, 0.6) is 5.75 Å². The molecular weight excluding hydrogens is 526 g/mol. The van der Waals surface area contributed by atoms with Gasteiger partial charge in [-0.1, -0.05) is 23.9 Å². The zero-order valence-corrected chi connectivity index (χ0v) is 24.6. The fourth-order valence-electron chi connectivity index (χ4n) is 4.46. The Kier molecular flexibility index (Phi) is 9.65. The van der Waals surface area contributed by atoms with Crippen LogP contribution in [0.25, 0.3) is 0 Å². The Bertz CT molecular complexity index is 1290. The highest BCUT2D eigenvalue weighted by Crippen LogP contribution is 2.26. The van der Waals surface area contributed by atoms with Crippen LogP contribution in [0.15, 0.2) is 59.8 Å². The van der Waals surface area contributed by atoms with Gasteiger partial charge in [-0.2, -0.15) is 0 Å². The molecule has 40 heavy (non-hydrogen) atoms. The molecule has 1 fully saturated rings. The van der Waals surface area contributed by atoms with Crippen molar-refractivity contribution in [3.8, 4) is 5.75 Å². The average molecular weight is 564 g/mol. The first-order valence-electron chi connectivity index (χ1n) is 13.3. The maximum Gasteiger partial charge on any atom is 0.249 e. The summed E-state index contributed by atoms with van der Waals surface area (Å²) in [5.41, 5.74) is 3.18. The molecular formula is C30H37N5O4S. The van der Waals surface area contributed by atoms with Gasteiger partial charge in [-0.25, -0.2) is 9.97 Å². The van der Waals surface area contributed by atoms with Crippen LogP contribution in [0.4, 0.5) is 11.4 Å². The molecule has 9 nitrogen and oxygen atoms in total. The Morgan fingerprint density at radius 2 is 1.65 bits per heavy atom. The van der Waals surface area contributed by atoms with Crippen molar-refractivity contribution >= 4 is 35.0 Å². The molecule has 2 aromatic carbocycles. The number of amides is 2. The van der Waals surface area contributed by atoms with E-state index in [2.05, 4.69) is 20.2 Å². The molecule has 0 atom stereocenters. The predicted octanol–water partition coefficient (Wildman–Crippen LogP) is 4.48. The van der Waals surface area contributed by atoms with Gasteiger partial charge in [0.1, 0.15) is 11.3 Å². The van der Waals surface area contributed by atoms with E-state index in [1.165, 1.54) is 11.8 Å². The smallest absolute Gasteiger partial charge is 0.249 e. The number of aryl methyl sites for hydroxylation is 2. The van der Waals surface area contributed by atoms with Crippen LogP contribution < -0.4 is 15.0 Å². The molecule has 0 bridgehead atoms. The first-order valence-corrected chi connectivity index (χ1v) is 14.3. The maximum atomic E-state index is 13.7. The highest BCUT2D eigenvalue weighted by atomic mass is 32.2. The van der Waals surface area contributed by atoms with E-state index in [-0.39, 0.29) is 24.1 Å². The molecule has 2 amide bonds. The summed E-state index contributed by atoms with van der Waals surface area (Å²) >= 11 is 1.27. The zero-order chi connectivity index (χ0) is 28.7. The van der Waals surface area contributed by atoms with Crippen LogP contribution in [0, 0.1) is 13.8 Å². The van der Waals surface area contributed by atoms with Crippen molar-refractivity contribution in [3.05, 3.63) is 71.5 Å². The van der Waals surface area contributed by atoms with E-state index in [1.54, 1.807) is 25.9 Å². The van der Waals surface area contributed by atoms with Crippen LogP contribution in [-0.2, 0) is 20.9 Å². The van der Waals surface area contributed by atoms with E-state index in [1.807, 2.05) is 68.4 Å². The molecule has 0 radical (unpaired) electrons. The standard InChI is InChI=1S/C30H37N5O4S/c1-21-18-22(2)32-29(31-21)40-20-27(36)35(19-23-6-12-26(38-5)13-7-23)30(3,4)28(37)33-24-8-10-25(11-9-24)34-14-16-39-17-15-34/h6-13,18H,14-17,19-20H2,1-5H3,(H,33,37). The number of ether oxygens (including phenoxy) is 2. The topological polar surface area (TPSA) is 96.9 Å². The third-order valence-corrected chi connectivity index (χ3v) is 7.65. The lowest BCUT2D eigenvalue weighted by atomic mass is 9.99. The summed E-state index contributed by atoms with van der Waals surface area (Å²) in [6.45, 7) is 10.7. The number of rotatable bonds is 10. The number of morpholine rings is 1. The first-order chi connectivity index (χ1) is 19.2. The number of hydrogen-bond acceptors (Lipinski definition) is 8. The molecule has 1 aliphatic heterocycles. The Balaban J connectivity index is 1.51. The van der Waals surface area contributed by atoms with Gasteiger partial charge in [0.2, 0.25) is 11.8 Å². The van der Waals surface area contributed by atoms with Crippen molar-refractivity contribution < 1.29 is 19.1 Å². The lowest BCUT2D eigenvalue weighted by Crippen LogP contribution is -2.55. The molecule has 1 N–H and O–H groups in total. The highest BCUT2D eigenvalue weighted by molar-refractivity contribution is 7.99. The van der Waals surface area contributed by atoms with Crippen LogP contribution in [0.2, 0.25) is 0 Å². The van der Waals surface area contributed by atoms with Gasteiger partial charge in [0.15, 0.2) is 5.16 Å². The Morgan fingerprint density at radius 1 is 1.02 bits per heavy atom. The van der Waals surface area contributed by atoms with Gasteiger partial charge in [0, 0.05) is 42.4 Å². The number of hydrogen-bond donors (Lipinski definition) is 1. The number of benzene rings is 2. The second kappa shape index (κ2) is 13.1. The largest absolute Gasteiger partial charge is 0.497 e. The number of anilines is 2. The number of methoxy groups -OCH3 is 1. The second-order valence-electron chi connectivity index (χ2n) is 10.2. The quantitative estimate of drug-likeness (QED) is 0.285. The summed E-state index contributed by atoms with van der Waals surface area (Å²) in [5, 5.41) is 3.55.